The Bertz CT molecular complexity index is 413. The lowest BCUT2D eigenvalue weighted by Crippen LogP contribution is -2.29. The molecule has 0 spiro atoms. The number of nitrogens with zero attached hydrogens (tertiary/aromatic N) is 1. The summed E-state index contributed by atoms with van der Waals surface area (Å²) in [6, 6.07) is 7.73. The lowest BCUT2D eigenvalue weighted by atomic mass is 10.0. The highest BCUT2D eigenvalue weighted by Gasteiger charge is 2.10. The van der Waals surface area contributed by atoms with E-state index >= 15 is 0 Å². The Hall–Kier alpha value is -1.55. The van der Waals surface area contributed by atoms with Crippen molar-refractivity contribution < 1.29 is 9.90 Å². The molecule has 0 aromatic heterocycles. The molecule has 2 N–H and O–H groups in total. The molecule has 0 radical (unpaired) electrons. The fourth-order valence-corrected chi connectivity index (χ4v) is 2.38. The second-order valence-corrected chi connectivity index (χ2v) is 5.22. The molecule has 0 fully saturated rings. The summed E-state index contributed by atoms with van der Waals surface area (Å²) in [5.74, 6) is 0.298. The van der Waals surface area contributed by atoms with Crippen LogP contribution in [0.15, 0.2) is 24.3 Å². The van der Waals surface area contributed by atoms with Crippen LogP contribution >= 0.6 is 0 Å². The Kier molecular flexibility index (Phi) is 7.83. The second-order valence-electron chi connectivity index (χ2n) is 5.22. The third-order valence-electron chi connectivity index (χ3n) is 3.92. The molecule has 0 saturated carbocycles. The van der Waals surface area contributed by atoms with E-state index in [-0.39, 0.29) is 12.5 Å². The maximum atomic E-state index is 12.1. The predicted octanol–water partition coefficient (Wildman–Crippen LogP) is 2.67. The van der Waals surface area contributed by atoms with Gasteiger partial charge in [-0.2, -0.15) is 0 Å². The van der Waals surface area contributed by atoms with Crippen molar-refractivity contribution >= 4 is 11.6 Å². The number of hydrogen-bond acceptors (Lipinski definition) is 3. The first kappa shape index (κ1) is 17.5. The molecule has 1 aromatic carbocycles. The first-order chi connectivity index (χ1) is 10.2. The SMILES string of the molecule is CCC(CCO)CNC(=O)c1ccc(N(CC)CC)cc1. The topological polar surface area (TPSA) is 52.6 Å². The van der Waals surface area contributed by atoms with Crippen molar-refractivity contribution in [1.29, 1.82) is 0 Å². The molecular weight excluding hydrogens is 264 g/mol. The van der Waals surface area contributed by atoms with Gasteiger partial charge in [0.15, 0.2) is 0 Å². The largest absolute Gasteiger partial charge is 0.396 e. The molecule has 4 heteroatoms. The van der Waals surface area contributed by atoms with Gasteiger partial charge in [0, 0.05) is 37.5 Å². The first-order valence-corrected chi connectivity index (χ1v) is 7.90. The Morgan fingerprint density at radius 2 is 1.81 bits per heavy atom. The summed E-state index contributed by atoms with van der Waals surface area (Å²) in [6.45, 7) is 9.03. The van der Waals surface area contributed by atoms with Crippen LogP contribution in [0.2, 0.25) is 0 Å². The highest BCUT2D eigenvalue weighted by molar-refractivity contribution is 5.94. The van der Waals surface area contributed by atoms with Crippen LogP contribution in [0.3, 0.4) is 0 Å². The van der Waals surface area contributed by atoms with E-state index in [1.807, 2.05) is 24.3 Å². The molecule has 0 aliphatic carbocycles. The number of hydrogen-bond donors (Lipinski definition) is 2. The molecule has 21 heavy (non-hydrogen) atoms. The smallest absolute Gasteiger partial charge is 0.251 e. The van der Waals surface area contributed by atoms with Crippen molar-refractivity contribution in [1.82, 2.24) is 5.32 Å². The average Bonchev–Trinajstić information content (AvgIpc) is 2.53. The molecule has 1 amide bonds. The zero-order valence-corrected chi connectivity index (χ0v) is 13.4. The molecule has 0 saturated heterocycles. The van der Waals surface area contributed by atoms with Crippen molar-refractivity contribution in [2.45, 2.75) is 33.6 Å². The van der Waals surface area contributed by atoms with Crippen molar-refractivity contribution in [3.8, 4) is 0 Å². The van der Waals surface area contributed by atoms with Crippen LogP contribution in [0, 0.1) is 5.92 Å². The molecule has 118 valence electrons. The minimum Gasteiger partial charge on any atom is -0.396 e. The van der Waals surface area contributed by atoms with Gasteiger partial charge in [0.1, 0.15) is 0 Å². The maximum absolute atomic E-state index is 12.1. The number of rotatable bonds is 9. The lowest BCUT2D eigenvalue weighted by molar-refractivity contribution is 0.0943. The zero-order chi connectivity index (χ0) is 15.7. The van der Waals surface area contributed by atoms with E-state index in [0.717, 1.165) is 31.6 Å². The van der Waals surface area contributed by atoms with Crippen LogP contribution in [0.1, 0.15) is 44.0 Å². The Balaban J connectivity index is 2.58. The summed E-state index contributed by atoms with van der Waals surface area (Å²) in [7, 11) is 0. The second kappa shape index (κ2) is 9.40. The monoisotopic (exact) mass is 292 g/mol. The number of aliphatic hydroxyl groups is 1. The number of carbonyl (C=O) groups excluding carboxylic acids is 1. The fourth-order valence-electron chi connectivity index (χ4n) is 2.38. The summed E-state index contributed by atoms with van der Waals surface area (Å²) in [6.07, 6.45) is 1.69. The summed E-state index contributed by atoms with van der Waals surface area (Å²) in [5.41, 5.74) is 1.83. The Morgan fingerprint density at radius 1 is 1.19 bits per heavy atom. The van der Waals surface area contributed by atoms with Gasteiger partial charge in [-0.25, -0.2) is 0 Å². The van der Waals surface area contributed by atoms with E-state index in [9.17, 15) is 4.79 Å². The number of nitrogens with one attached hydrogen (secondary N) is 1. The quantitative estimate of drug-likeness (QED) is 0.736. The molecule has 0 aliphatic rings. The van der Waals surface area contributed by atoms with Gasteiger partial charge in [0.05, 0.1) is 0 Å². The van der Waals surface area contributed by atoms with Crippen molar-refractivity contribution in [2.24, 2.45) is 5.92 Å². The van der Waals surface area contributed by atoms with E-state index in [2.05, 4.69) is 31.0 Å². The van der Waals surface area contributed by atoms with E-state index in [1.165, 1.54) is 0 Å². The van der Waals surface area contributed by atoms with E-state index in [4.69, 9.17) is 5.11 Å². The molecule has 1 atom stereocenters. The van der Waals surface area contributed by atoms with Gasteiger partial charge in [0.25, 0.3) is 5.91 Å². The van der Waals surface area contributed by atoms with E-state index < -0.39 is 0 Å². The zero-order valence-electron chi connectivity index (χ0n) is 13.4. The molecular formula is C17H28N2O2. The molecule has 1 aromatic rings. The number of anilines is 1. The van der Waals surface area contributed by atoms with Crippen molar-refractivity contribution in [2.75, 3.05) is 31.1 Å². The Labute approximate surface area is 128 Å². The first-order valence-electron chi connectivity index (χ1n) is 7.90. The number of benzene rings is 1. The minimum absolute atomic E-state index is 0.0440. The summed E-state index contributed by atoms with van der Waals surface area (Å²) < 4.78 is 0. The highest BCUT2D eigenvalue weighted by Crippen LogP contribution is 2.15. The average molecular weight is 292 g/mol. The van der Waals surface area contributed by atoms with Gasteiger partial charge in [-0.3, -0.25) is 4.79 Å². The van der Waals surface area contributed by atoms with Crippen molar-refractivity contribution in [3.05, 3.63) is 29.8 Å². The molecule has 0 heterocycles. The van der Waals surface area contributed by atoms with Gasteiger partial charge in [-0.15, -0.1) is 0 Å². The third-order valence-corrected chi connectivity index (χ3v) is 3.92. The fraction of sp³-hybridized carbons (Fsp3) is 0.588. The van der Waals surface area contributed by atoms with Crippen LogP contribution in [0.25, 0.3) is 0 Å². The van der Waals surface area contributed by atoms with Gasteiger partial charge >= 0.3 is 0 Å². The maximum Gasteiger partial charge on any atom is 0.251 e. The standard InChI is InChI=1S/C17H28N2O2/c1-4-14(11-12-20)13-18-17(21)15-7-9-16(10-8-15)19(5-2)6-3/h7-10,14,20H,4-6,11-13H2,1-3H3,(H,18,21). The van der Waals surface area contributed by atoms with E-state index in [1.54, 1.807) is 0 Å². The normalized spacial score (nSPS) is 12.0. The van der Waals surface area contributed by atoms with Crippen LogP contribution in [-0.2, 0) is 0 Å². The van der Waals surface area contributed by atoms with Gasteiger partial charge in [-0.05, 0) is 50.5 Å². The van der Waals surface area contributed by atoms with Gasteiger partial charge in [0.2, 0.25) is 0 Å². The van der Waals surface area contributed by atoms with Crippen LogP contribution in [0.4, 0.5) is 5.69 Å². The van der Waals surface area contributed by atoms with Crippen LogP contribution in [0.5, 0.6) is 0 Å². The molecule has 0 aliphatic heterocycles. The Morgan fingerprint density at radius 3 is 2.29 bits per heavy atom. The highest BCUT2D eigenvalue weighted by atomic mass is 16.3. The summed E-state index contributed by atoms with van der Waals surface area (Å²) in [5, 5.41) is 11.9. The lowest BCUT2D eigenvalue weighted by Gasteiger charge is -2.21. The van der Waals surface area contributed by atoms with E-state index in [0.29, 0.717) is 18.0 Å². The molecule has 1 rings (SSSR count). The number of amides is 1. The third kappa shape index (κ3) is 5.38. The molecule has 0 bridgehead atoms. The number of carbonyl (C=O) groups is 1. The molecule has 1 unspecified atom stereocenters. The minimum atomic E-state index is -0.0440. The van der Waals surface area contributed by atoms with Crippen LogP contribution < -0.4 is 10.2 Å². The van der Waals surface area contributed by atoms with Gasteiger partial charge < -0.3 is 15.3 Å². The van der Waals surface area contributed by atoms with Gasteiger partial charge in [-0.1, -0.05) is 13.3 Å². The predicted molar refractivity (Wildman–Crippen MR) is 87.8 cm³/mol. The van der Waals surface area contributed by atoms with Crippen molar-refractivity contribution in [3.63, 3.8) is 0 Å². The summed E-state index contributed by atoms with van der Waals surface area (Å²) in [4.78, 5) is 14.3. The summed E-state index contributed by atoms with van der Waals surface area (Å²) >= 11 is 0. The number of aliphatic hydroxyl groups excluding tert-OH is 1. The van der Waals surface area contributed by atoms with Crippen LogP contribution in [-0.4, -0.2) is 37.3 Å². The molecule has 4 nitrogen and oxygen atoms in total.